The van der Waals surface area contributed by atoms with Gasteiger partial charge < -0.3 is 9.47 Å². The zero-order chi connectivity index (χ0) is 12.7. The minimum Gasteiger partial charge on any atom is -0.497 e. The van der Waals surface area contributed by atoms with Gasteiger partial charge in [0.25, 0.3) is 0 Å². The lowest BCUT2D eigenvalue weighted by Crippen LogP contribution is -2.02. The molecule has 0 aliphatic carbocycles. The molecule has 2 aromatic rings. The van der Waals surface area contributed by atoms with Crippen molar-refractivity contribution in [3.8, 4) is 17.2 Å². The summed E-state index contributed by atoms with van der Waals surface area (Å²) in [6.07, 6.45) is 0. The molecule has 0 saturated carbocycles. The summed E-state index contributed by atoms with van der Waals surface area (Å²) < 4.78 is 12.1. The van der Waals surface area contributed by atoms with Crippen LogP contribution in [0, 0.1) is 0 Å². The summed E-state index contributed by atoms with van der Waals surface area (Å²) in [4.78, 5) is 0. The zero-order valence-electron chi connectivity index (χ0n) is 9.87. The van der Waals surface area contributed by atoms with E-state index in [-0.39, 0.29) is 0 Å². The summed E-state index contributed by atoms with van der Waals surface area (Å²) >= 11 is 3.46. The van der Waals surface area contributed by atoms with Gasteiger partial charge in [-0.2, -0.15) is 0 Å². The smallest absolute Gasteiger partial charge is 0.135 e. The van der Waals surface area contributed by atoms with Gasteiger partial charge in [-0.1, -0.05) is 22.5 Å². The third kappa shape index (κ3) is 1.71. The molecule has 0 saturated heterocycles. The molecule has 1 heterocycles. The van der Waals surface area contributed by atoms with Gasteiger partial charge >= 0.3 is 0 Å². The summed E-state index contributed by atoms with van der Waals surface area (Å²) in [7, 11) is 1.65. The van der Waals surface area contributed by atoms with Crippen LogP contribution >= 0.6 is 15.9 Å². The fourth-order valence-corrected chi connectivity index (χ4v) is 2.41. The highest BCUT2D eigenvalue weighted by Gasteiger charge is 2.21. The van der Waals surface area contributed by atoms with Crippen molar-refractivity contribution in [3.63, 3.8) is 0 Å². The van der Waals surface area contributed by atoms with Gasteiger partial charge in [-0.15, -0.1) is 0 Å². The number of methoxy groups -OCH3 is 1. The molecular formula is C15H11BrO2. The highest BCUT2D eigenvalue weighted by Crippen LogP contribution is 2.44. The monoisotopic (exact) mass is 302 g/mol. The van der Waals surface area contributed by atoms with Gasteiger partial charge in [0.2, 0.25) is 0 Å². The van der Waals surface area contributed by atoms with Gasteiger partial charge in [0.1, 0.15) is 17.2 Å². The first-order chi connectivity index (χ1) is 8.69. The Bertz CT molecular complexity index is 647. The number of benzene rings is 2. The molecule has 0 spiro atoms. The molecule has 3 rings (SSSR count). The average molecular weight is 303 g/mol. The molecule has 18 heavy (non-hydrogen) atoms. The number of rotatable bonds is 1. The van der Waals surface area contributed by atoms with Crippen LogP contribution in [0.4, 0.5) is 0 Å². The Morgan fingerprint density at radius 3 is 2.44 bits per heavy atom. The second kappa shape index (κ2) is 4.18. The highest BCUT2D eigenvalue weighted by molar-refractivity contribution is 9.10. The van der Waals surface area contributed by atoms with E-state index in [0.717, 1.165) is 38.4 Å². The maximum absolute atomic E-state index is 5.87. The molecule has 90 valence electrons. The number of fused-ring (bicyclic) bond motifs is 2. The molecule has 3 heteroatoms. The number of ether oxygens (including phenoxy) is 2. The molecular weight excluding hydrogens is 292 g/mol. The Morgan fingerprint density at radius 2 is 1.72 bits per heavy atom. The third-order valence-electron chi connectivity index (χ3n) is 3.00. The van der Waals surface area contributed by atoms with Gasteiger partial charge in [0, 0.05) is 15.6 Å². The van der Waals surface area contributed by atoms with Crippen LogP contribution in [0.3, 0.4) is 0 Å². The van der Waals surface area contributed by atoms with E-state index in [9.17, 15) is 0 Å². The number of hydrogen-bond acceptors (Lipinski definition) is 2. The number of hydrogen-bond donors (Lipinski definition) is 0. The first-order valence-electron chi connectivity index (χ1n) is 5.54. The van der Waals surface area contributed by atoms with Crippen molar-refractivity contribution < 1.29 is 9.47 Å². The summed E-state index contributed by atoms with van der Waals surface area (Å²) in [5.74, 6) is 2.45. The maximum atomic E-state index is 5.87. The lowest BCUT2D eigenvalue weighted by Gasteiger charge is -2.22. The second-order valence-corrected chi connectivity index (χ2v) is 5.00. The molecule has 0 radical (unpaired) electrons. The minimum absolute atomic E-state index is 0.803. The SMILES string of the molecule is C=C1c2cc(Br)ccc2Oc2ccc(OC)cc21. The quantitative estimate of drug-likeness (QED) is 0.653. The van der Waals surface area contributed by atoms with Crippen LogP contribution in [0.1, 0.15) is 11.1 Å². The van der Waals surface area contributed by atoms with Gasteiger partial charge in [-0.05, 0) is 42.0 Å². The maximum Gasteiger partial charge on any atom is 0.135 e. The molecule has 2 nitrogen and oxygen atoms in total. The van der Waals surface area contributed by atoms with Crippen LogP contribution < -0.4 is 9.47 Å². The van der Waals surface area contributed by atoms with Gasteiger partial charge in [0.15, 0.2) is 0 Å². The van der Waals surface area contributed by atoms with E-state index in [1.54, 1.807) is 7.11 Å². The largest absolute Gasteiger partial charge is 0.497 e. The van der Waals surface area contributed by atoms with E-state index in [1.807, 2.05) is 36.4 Å². The predicted octanol–water partition coefficient (Wildman–Crippen LogP) is 4.62. The lowest BCUT2D eigenvalue weighted by atomic mass is 9.95. The van der Waals surface area contributed by atoms with Crippen LogP contribution in [-0.2, 0) is 0 Å². The van der Waals surface area contributed by atoms with Crippen molar-refractivity contribution in [3.05, 3.63) is 58.6 Å². The van der Waals surface area contributed by atoms with Crippen molar-refractivity contribution in [2.75, 3.05) is 7.11 Å². The fraction of sp³-hybridized carbons (Fsp3) is 0.0667. The summed E-state index contributed by atoms with van der Waals surface area (Å²) in [6, 6.07) is 11.7. The zero-order valence-corrected chi connectivity index (χ0v) is 11.5. The molecule has 0 fully saturated rings. The van der Waals surface area contributed by atoms with E-state index >= 15 is 0 Å². The van der Waals surface area contributed by atoms with Crippen LogP contribution in [0.2, 0.25) is 0 Å². The Labute approximate surface area is 114 Å². The summed E-state index contributed by atoms with van der Waals surface area (Å²) in [5.41, 5.74) is 2.93. The first kappa shape index (κ1) is 11.4. The standard InChI is InChI=1S/C15H11BrO2/c1-9-12-7-10(16)3-5-14(12)18-15-6-4-11(17-2)8-13(9)15/h3-8H,1H2,2H3. The van der Waals surface area contributed by atoms with Crippen LogP contribution in [-0.4, -0.2) is 7.11 Å². The molecule has 1 aliphatic rings. The molecule has 0 bridgehead atoms. The molecule has 0 aromatic heterocycles. The molecule has 1 aliphatic heterocycles. The van der Waals surface area contributed by atoms with E-state index in [4.69, 9.17) is 9.47 Å². The minimum atomic E-state index is 0.803. The van der Waals surface area contributed by atoms with E-state index in [0.29, 0.717) is 0 Å². The lowest BCUT2D eigenvalue weighted by molar-refractivity contribution is 0.412. The van der Waals surface area contributed by atoms with Gasteiger partial charge in [0.05, 0.1) is 7.11 Å². The summed E-state index contributed by atoms with van der Waals surface area (Å²) in [5, 5.41) is 0. The highest BCUT2D eigenvalue weighted by atomic mass is 79.9. The Hall–Kier alpha value is -1.74. The van der Waals surface area contributed by atoms with E-state index in [2.05, 4.69) is 22.5 Å². The van der Waals surface area contributed by atoms with E-state index < -0.39 is 0 Å². The predicted molar refractivity (Wildman–Crippen MR) is 75.3 cm³/mol. The summed E-state index contributed by atoms with van der Waals surface area (Å²) in [6.45, 7) is 4.16. The van der Waals surface area contributed by atoms with Crippen LogP contribution in [0.25, 0.3) is 5.57 Å². The van der Waals surface area contributed by atoms with Crippen molar-refractivity contribution >= 4 is 21.5 Å². The first-order valence-corrected chi connectivity index (χ1v) is 6.33. The van der Waals surface area contributed by atoms with Gasteiger partial charge in [-0.25, -0.2) is 0 Å². The van der Waals surface area contributed by atoms with Crippen molar-refractivity contribution in [1.82, 2.24) is 0 Å². The molecule has 0 atom stereocenters. The van der Waals surface area contributed by atoms with Crippen LogP contribution in [0.15, 0.2) is 47.4 Å². The Balaban J connectivity index is 2.16. The van der Waals surface area contributed by atoms with Crippen molar-refractivity contribution in [2.24, 2.45) is 0 Å². The number of halogens is 1. The Kier molecular flexibility index (Phi) is 2.63. The van der Waals surface area contributed by atoms with Gasteiger partial charge in [-0.3, -0.25) is 0 Å². The second-order valence-electron chi connectivity index (χ2n) is 4.08. The normalized spacial score (nSPS) is 12.4. The topological polar surface area (TPSA) is 18.5 Å². The molecule has 0 unspecified atom stereocenters. The van der Waals surface area contributed by atoms with Crippen LogP contribution in [0.5, 0.6) is 17.2 Å². The molecule has 0 amide bonds. The fourth-order valence-electron chi connectivity index (χ4n) is 2.05. The van der Waals surface area contributed by atoms with Crippen molar-refractivity contribution in [1.29, 1.82) is 0 Å². The molecule has 0 N–H and O–H groups in total. The molecule has 2 aromatic carbocycles. The van der Waals surface area contributed by atoms with E-state index in [1.165, 1.54) is 0 Å². The van der Waals surface area contributed by atoms with Crippen molar-refractivity contribution in [2.45, 2.75) is 0 Å². The Morgan fingerprint density at radius 1 is 1.06 bits per heavy atom. The third-order valence-corrected chi connectivity index (χ3v) is 3.49. The average Bonchev–Trinajstić information content (AvgIpc) is 2.40.